The molecule has 0 aliphatic carbocycles. The number of alkyl carbamates (subject to hydrolysis) is 1. The van der Waals surface area contributed by atoms with Crippen molar-refractivity contribution in [2.45, 2.75) is 52.2 Å². The number of hydrogen-bond donors (Lipinski definition) is 1. The number of hydrogen-bond acceptors (Lipinski definition) is 7. The molecule has 1 aromatic heterocycles. The van der Waals surface area contributed by atoms with Crippen LogP contribution >= 0.6 is 0 Å². The van der Waals surface area contributed by atoms with Crippen LogP contribution in [0.1, 0.15) is 62.2 Å². The van der Waals surface area contributed by atoms with E-state index >= 15 is 0 Å². The van der Waals surface area contributed by atoms with Gasteiger partial charge in [0, 0.05) is 6.42 Å². The standard InChI is InChI=1S/C23H27N3O5/c1-5-23(3,4)30-22(28)24-18(20-25-19(26-31-20)21(27)29-6-2)14-15-11-12-16-9-7-8-10-17(16)13-15/h7-13,18H,5-6,14H2,1-4H3,(H,24,28)/t18-/m1/s1. The average Bonchev–Trinajstić information content (AvgIpc) is 3.23. The lowest BCUT2D eigenvalue weighted by molar-refractivity contribution is 0.0333. The zero-order valence-corrected chi connectivity index (χ0v) is 18.2. The first-order chi connectivity index (χ1) is 14.8. The van der Waals surface area contributed by atoms with Gasteiger partial charge in [-0.15, -0.1) is 0 Å². The number of carbonyl (C=O) groups excluding carboxylic acids is 2. The van der Waals surface area contributed by atoms with Crippen LogP contribution in [0.5, 0.6) is 0 Å². The van der Waals surface area contributed by atoms with Crippen molar-refractivity contribution in [3.63, 3.8) is 0 Å². The molecule has 0 bridgehead atoms. The van der Waals surface area contributed by atoms with Gasteiger partial charge in [-0.3, -0.25) is 0 Å². The highest BCUT2D eigenvalue weighted by atomic mass is 16.6. The zero-order valence-electron chi connectivity index (χ0n) is 18.2. The maximum Gasteiger partial charge on any atom is 0.408 e. The number of carbonyl (C=O) groups is 2. The van der Waals surface area contributed by atoms with Gasteiger partial charge in [-0.25, -0.2) is 9.59 Å². The monoisotopic (exact) mass is 425 g/mol. The Labute approximate surface area is 180 Å². The lowest BCUT2D eigenvalue weighted by atomic mass is 10.0. The number of rotatable bonds is 8. The number of aromatic nitrogens is 2. The highest BCUT2D eigenvalue weighted by Gasteiger charge is 2.27. The van der Waals surface area contributed by atoms with E-state index in [0.29, 0.717) is 12.8 Å². The largest absolute Gasteiger partial charge is 0.460 e. The van der Waals surface area contributed by atoms with Gasteiger partial charge in [0.1, 0.15) is 11.6 Å². The molecule has 1 atom stereocenters. The molecule has 3 aromatic rings. The highest BCUT2D eigenvalue weighted by Crippen LogP contribution is 2.22. The first kappa shape index (κ1) is 22.3. The minimum atomic E-state index is -0.684. The summed E-state index contributed by atoms with van der Waals surface area (Å²) in [7, 11) is 0. The fourth-order valence-corrected chi connectivity index (χ4v) is 2.95. The Bertz CT molecular complexity index is 1060. The van der Waals surface area contributed by atoms with E-state index in [1.165, 1.54) is 0 Å². The smallest absolute Gasteiger partial charge is 0.408 e. The number of nitrogens with one attached hydrogen (secondary N) is 1. The molecule has 8 nitrogen and oxygen atoms in total. The van der Waals surface area contributed by atoms with E-state index in [9.17, 15) is 9.59 Å². The number of nitrogens with zero attached hydrogens (tertiary/aromatic N) is 2. The summed E-state index contributed by atoms with van der Waals surface area (Å²) < 4.78 is 15.7. The Morgan fingerprint density at radius 1 is 1.13 bits per heavy atom. The van der Waals surface area contributed by atoms with Crippen molar-refractivity contribution in [1.82, 2.24) is 15.5 Å². The third-order valence-electron chi connectivity index (χ3n) is 4.96. The second kappa shape index (κ2) is 9.59. The van der Waals surface area contributed by atoms with Crippen LogP contribution in [-0.2, 0) is 15.9 Å². The molecule has 0 unspecified atom stereocenters. The van der Waals surface area contributed by atoms with Crippen LogP contribution in [0, 0.1) is 0 Å². The molecule has 1 heterocycles. The molecule has 1 amide bonds. The van der Waals surface area contributed by atoms with E-state index in [2.05, 4.69) is 15.5 Å². The molecule has 0 aliphatic heterocycles. The van der Waals surface area contributed by atoms with Crippen molar-refractivity contribution in [1.29, 1.82) is 0 Å². The summed E-state index contributed by atoms with van der Waals surface area (Å²) in [5.74, 6) is -0.775. The van der Waals surface area contributed by atoms with E-state index in [-0.39, 0.29) is 18.3 Å². The Morgan fingerprint density at radius 3 is 2.58 bits per heavy atom. The molecule has 164 valence electrons. The molecule has 0 radical (unpaired) electrons. The Kier molecular flexibility index (Phi) is 6.89. The van der Waals surface area contributed by atoms with Gasteiger partial charge in [0.05, 0.1) is 6.61 Å². The molecule has 0 spiro atoms. The van der Waals surface area contributed by atoms with Crippen molar-refractivity contribution in [2.75, 3.05) is 6.61 Å². The quantitative estimate of drug-likeness (QED) is 0.526. The maximum atomic E-state index is 12.5. The summed E-state index contributed by atoms with van der Waals surface area (Å²) in [6.07, 6.45) is 0.425. The first-order valence-corrected chi connectivity index (χ1v) is 10.3. The Hall–Kier alpha value is -3.42. The fraction of sp³-hybridized carbons (Fsp3) is 0.391. The molecule has 0 saturated carbocycles. The Morgan fingerprint density at radius 2 is 1.87 bits per heavy atom. The predicted octanol–water partition coefficient (Wildman–Crippen LogP) is 4.60. The summed E-state index contributed by atoms with van der Waals surface area (Å²) in [5, 5.41) is 8.68. The van der Waals surface area contributed by atoms with Gasteiger partial charge in [0.2, 0.25) is 5.89 Å². The Balaban J connectivity index is 1.86. The van der Waals surface area contributed by atoms with Crippen molar-refractivity contribution >= 4 is 22.8 Å². The van der Waals surface area contributed by atoms with Gasteiger partial charge in [-0.05, 0) is 48.7 Å². The molecule has 1 N–H and O–H groups in total. The van der Waals surface area contributed by atoms with E-state index in [0.717, 1.165) is 16.3 Å². The van der Waals surface area contributed by atoms with Crippen LogP contribution in [0.4, 0.5) is 4.79 Å². The summed E-state index contributed by atoms with van der Waals surface area (Å²) in [6, 6.07) is 13.3. The van der Waals surface area contributed by atoms with Crippen LogP contribution in [0.2, 0.25) is 0 Å². The lowest BCUT2D eigenvalue weighted by Crippen LogP contribution is -2.37. The number of ether oxygens (including phenoxy) is 2. The number of esters is 1. The molecule has 8 heteroatoms. The SMILES string of the molecule is CCOC(=O)c1noc([C@@H](Cc2ccc3ccccc3c2)NC(=O)OC(C)(C)CC)n1. The van der Waals surface area contributed by atoms with Gasteiger partial charge >= 0.3 is 12.1 Å². The minimum Gasteiger partial charge on any atom is -0.460 e. The summed E-state index contributed by atoms with van der Waals surface area (Å²) >= 11 is 0. The van der Waals surface area contributed by atoms with Crippen LogP contribution in [-0.4, -0.2) is 34.4 Å². The molecule has 0 aliphatic rings. The van der Waals surface area contributed by atoms with Crippen LogP contribution in [0.15, 0.2) is 47.0 Å². The molecule has 0 saturated heterocycles. The third kappa shape index (κ3) is 5.81. The second-order valence-electron chi connectivity index (χ2n) is 7.76. The molecular weight excluding hydrogens is 398 g/mol. The average molecular weight is 425 g/mol. The predicted molar refractivity (Wildman–Crippen MR) is 115 cm³/mol. The molecule has 0 fully saturated rings. The van der Waals surface area contributed by atoms with Crippen LogP contribution < -0.4 is 5.32 Å². The fourth-order valence-electron chi connectivity index (χ4n) is 2.95. The van der Waals surface area contributed by atoms with E-state index in [4.69, 9.17) is 14.0 Å². The lowest BCUT2D eigenvalue weighted by Gasteiger charge is -2.25. The van der Waals surface area contributed by atoms with Gasteiger partial charge < -0.3 is 19.3 Å². The number of amides is 1. The molecular formula is C23H27N3O5. The topological polar surface area (TPSA) is 104 Å². The third-order valence-corrected chi connectivity index (χ3v) is 4.96. The highest BCUT2D eigenvalue weighted by molar-refractivity contribution is 5.85. The van der Waals surface area contributed by atoms with Gasteiger partial charge in [-0.1, -0.05) is 49.4 Å². The minimum absolute atomic E-state index is 0.0995. The van der Waals surface area contributed by atoms with Crippen molar-refractivity contribution in [2.24, 2.45) is 0 Å². The summed E-state index contributed by atoms with van der Waals surface area (Å²) in [5.41, 5.74) is 0.331. The number of fused-ring (bicyclic) bond motifs is 1. The van der Waals surface area contributed by atoms with Crippen LogP contribution in [0.25, 0.3) is 10.8 Å². The van der Waals surface area contributed by atoms with E-state index in [1.807, 2.05) is 63.2 Å². The van der Waals surface area contributed by atoms with E-state index < -0.39 is 23.7 Å². The van der Waals surface area contributed by atoms with Gasteiger partial charge in [0.25, 0.3) is 5.82 Å². The molecule has 31 heavy (non-hydrogen) atoms. The normalized spacial score (nSPS) is 12.4. The van der Waals surface area contributed by atoms with Crippen molar-refractivity contribution in [3.8, 4) is 0 Å². The van der Waals surface area contributed by atoms with Crippen LogP contribution in [0.3, 0.4) is 0 Å². The molecule has 3 rings (SSSR count). The first-order valence-electron chi connectivity index (χ1n) is 10.3. The second-order valence-corrected chi connectivity index (χ2v) is 7.76. The van der Waals surface area contributed by atoms with E-state index in [1.54, 1.807) is 6.92 Å². The van der Waals surface area contributed by atoms with Crippen molar-refractivity contribution in [3.05, 3.63) is 59.7 Å². The summed E-state index contributed by atoms with van der Waals surface area (Å²) in [4.78, 5) is 28.6. The van der Waals surface area contributed by atoms with Gasteiger partial charge in [0.15, 0.2) is 0 Å². The zero-order chi connectivity index (χ0) is 22.4. The van der Waals surface area contributed by atoms with Crippen molar-refractivity contribution < 1.29 is 23.6 Å². The van der Waals surface area contributed by atoms with Gasteiger partial charge in [-0.2, -0.15) is 4.98 Å². The maximum absolute atomic E-state index is 12.5. The summed E-state index contributed by atoms with van der Waals surface area (Å²) in [6.45, 7) is 7.48. The number of benzene rings is 2. The molecule has 2 aromatic carbocycles.